The molecule has 2 atom stereocenters. The Labute approximate surface area is 97.1 Å². The van der Waals surface area contributed by atoms with E-state index in [4.69, 9.17) is 5.11 Å². The normalized spacial score (nSPS) is 23.8. The first-order chi connectivity index (χ1) is 7.69. The van der Waals surface area contributed by atoms with E-state index in [0.717, 1.165) is 19.3 Å². The maximum absolute atomic E-state index is 11.6. The first-order valence-electron chi connectivity index (χ1n) is 6.05. The van der Waals surface area contributed by atoms with Crippen molar-refractivity contribution in [3.05, 3.63) is 12.2 Å². The van der Waals surface area contributed by atoms with Crippen LogP contribution in [-0.4, -0.2) is 29.8 Å². The Balaban J connectivity index is 2.27. The molecule has 0 aromatic rings. The number of hydrogen-bond acceptors (Lipinski definition) is 2. The molecule has 2 amide bonds. The van der Waals surface area contributed by atoms with Gasteiger partial charge in [-0.1, -0.05) is 26.0 Å². The van der Waals surface area contributed by atoms with Gasteiger partial charge >= 0.3 is 6.03 Å². The van der Waals surface area contributed by atoms with Crippen molar-refractivity contribution in [2.24, 2.45) is 5.92 Å². The maximum Gasteiger partial charge on any atom is 0.315 e. The summed E-state index contributed by atoms with van der Waals surface area (Å²) in [6.07, 6.45) is 6.61. The Morgan fingerprint density at radius 1 is 1.44 bits per heavy atom. The standard InChI is InChI=1S/C12H22N2O2/c1-3-10(4-2)13-12(16)14-11-6-5-9(7-11)8-15/h5-6,9-11,15H,3-4,7-8H2,1-2H3,(H2,13,14,16)/t9-,11+/m0/s1. The van der Waals surface area contributed by atoms with Gasteiger partial charge in [0, 0.05) is 24.6 Å². The molecule has 0 aromatic carbocycles. The molecule has 0 fully saturated rings. The van der Waals surface area contributed by atoms with Gasteiger partial charge in [0.05, 0.1) is 0 Å². The van der Waals surface area contributed by atoms with Crippen LogP contribution >= 0.6 is 0 Å². The van der Waals surface area contributed by atoms with Crippen molar-refractivity contribution < 1.29 is 9.90 Å². The number of rotatable bonds is 5. The highest BCUT2D eigenvalue weighted by Crippen LogP contribution is 2.16. The molecule has 0 saturated carbocycles. The number of urea groups is 1. The van der Waals surface area contributed by atoms with E-state index in [1.165, 1.54) is 0 Å². The van der Waals surface area contributed by atoms with Crippen LogP contribution in [0.15, 0.2) is 12.2 Å². The summed E-state index contributed by atoms with van der Waals surface area (Å²) in [5.74, 6) is 0.193. The van der Waals surface area contributed by atoms with Gasteiger partial charge in [-0.15, -0.1) is 0 Å². The monoisotopic (exact) mass is 226 g/mol. The molecule has 16 heavy (non-hydrogen) atoms. The quantitative estimate of drug-likeness (QED) is 0.621. The fourth-order valence-electron chi connectivity index (χ4n) is 1.91. The van der Waals surface area contributed by atoms with Gasteiger partial charge in [0.25, 0.3) is 0 Å². The number of carbonyl (C=O) groups excluding carboxylic acids is 1. The minimum atomic E-state index is -0.109. The third-order valence-corrected chi connectivity index (χ3v) is 3.04. The van der Waals surface area contributed by atoms with Crippen LogP contribution in [-0.2, 0) is 0 Å². The first kappa shape index (κ1) is 13.0. The molecule has 0 saturated heterocycles. The Morgan fingerprint density at radius 2 is 2.12 bits per heavy atom. The lowest BCUT2D eigenvalue weighted by molar-refractivity contribution is 0.228. The smallest absolute Gasteiger partial charge is 0.315 e. The Kier molecular flexibility index (Phi) is 5.32. The van der Waals surface area contributed by atoms with Crippen molar-refractivity contribution >= 4 is 6.03 Å². The third kappa shape index (κ3) is 3.85. The summed E-state index contributed by atoms with van der Waals surface area (Å²) in [5.41, 5.74) is 0. The molecule has 3 N–H and O–H groups in total. The number of aliphatic hydroxyl groups excluding tert-OH is 1. The van der Waals surface area contributed by atoms with E-state index in [0.29, 0.717) is 0 Å². The zero-order chi connectivity index (χ0) is 12.0. The van der Waals surface area contributed by atoms with Crippen molar-refractivity contribution in [2.45, 2.75) is 45.2 Å². The molecule has 1 aliphatic carbocycles. The van der Waals surface area contributed by atoms with E-state index >= 15 is 0 Å². The van der Waals surface area contributed by atoms with E-state index in [-0.39, 0.29) is 30.6 Å². The van der Waals surface area contributed by atoms with Crippen molar-refractivity contribution in [3.8, 4) is 0 Å². The second-order valence-corrected chi connectivity index (χ2v) is 4.30. The summed E-state index contributed by atoms with van der Waals surface area (Å²) in [5, 5.41) is 14.8. The van der Waals surface area contributed by atoms with E-state index in [2.05, 4.69) is 24.5 Å². The number of carbonyl (C=O) groups is 1. The van der Waals surface area contributed by atoms with Crippen LogP contribution in [0.2, 0.25) is 0 Å². The molecule has 0 aliphatic heterocycles. The average Bonchev–Trinajstić information content (AvgIpc) is 2.73. The van der Waals surface area contributed by atoms with Crippen LogP contribution in [0.3, 0.4) is 0 Å². The van der Waals surface area contributed by atoms with E-state index < -0.39 is 0 Å². The second kappa shape index (κ2) is 6.53. The highest BCUT2D eigenvalue weighted by Gasteiger charge is 2.20. The molecule has 0 spiro atoms. The summed E-state index contributed by atoms with van der Waals surface area (Å²) in [7, 11) is 0. The summed E-state index contributed by atoms with van der Waals surface area (Å²) in [4.78, 5) is 11.6. The molecule has 0 radical (unpaired) electrons. The third-order valence-electron chi connectivity index (χ3n) is 3.04. The molecule has 4 heteroatoms. The van der Waals surface area contributed by atoms with Crippen LogP contribution in [0, 0.1) is 5.92 Å². The van der Waals surface area contributed by atoms with Crippen LogP contribution in [0.25, 0.3) is 0 Å². The summed E-state index contributed by atoms with van der Waals surface area (Å²) < 4.78 is 0. The van der Waals surface area contributed by atoms with Gasteiger partial charge in [-0.3, -0.25) is 0 Å². The van der Waals surface area contributed by atoms with Gasteiger partial charge < -0.3 is 15.7 Å². The number of nitrogens with one attached hydrogen (secondary N) is 2. The van der Waals surface area contributed by atoms with Gasteiger partial charge in [0.15, 0.2) is 0 Å². The lowest BCUT2D eigenvalue weighted by atomic mass is 10.1. The maximum atomic E-state index is 11.6. The summed E-state index contributed by atoms with van der Waals surface area (Å²) >= 11 is 0. The molecule has 0 unspecified atom stereocenters. The lowest BCUT2D eigenvalue weighted by Crippen LogP contribution is -2.45. The fraction of sp³-hybridized carbons (Fsp3) is 0.750. The SMILES string of the molecule is CCC(CC)NC(=O)N[C@@H]1C=C[C@H](CO)C1. The Bertz CT molecular complexity index is 249. The Morgan fingerprint density at radius 3 is 2.62 bits per heavy atom. The molecule has 0 bridgehead atoms. The predicted octanol–water partition coefficient (Wildman–Crippen LogP) is 1.41. The minimum absolute atomic E-state index is 0.0616. The highest BCUT2D eigenvalue weighted by molar-refractivity contribution is 5.74. The second-order valence-electron chi connectivity index (χ2n) is 4.30. The van der Waals surface area contributed by atoms with E-state index in [9.17, 15) is 4.79 Å². The highest BCUT2D eigenvalue weighted by atomic mass is 16.3. The summed E-state index contributed by atoms with van der Waals surface area (Å²) in [6, 6.07) is 0.201. The predicted molar refractivity (Wildman–Crippen MR) is 64.2 cm³/mol. The lowest BCUT2D eigenvalue weighted by Gasteiger charge is -2.18. The molecule has 0 heterocycles. The Hall–Kier alpha value is -1.03. The van der Waals surface area contributed by atoms with Crippen LogP contribution in [0.1, 0.15) is 33.1 Å². The van der Waals surface area contributed by atoms with Gasteiger partial charge in [0.2, 0.25) is 0 Å². The summed E-state index contributed by atoms with van der Waals surface area (Å²) in [6.45, 7) is 4.28. The van der Waals surface area contributed by atoms with Gasteiger partial charge in [-0.2, -0.15) is 0 Å². The van der Waals surface area contributed by atoms with E-state index in [1.54, 1.807) is 0 Å². The minimum Gasteiger partial charge on any atom is -0.396 e. The zero-order valence-corrected chi connectivity index (χ0v) is 10.1. The largest absolute Gasteiger partial charge is 0.396 e. The van der Waals surface area contributed by atoms with Crippen LogP contribution in [0.4, 0.5) is 4.79 Å². The van der Waals surface area contributed by atoms with Crippen molar-refractivity contribution in [3.63, 3.8) is 0 Å². The van der Waals surface area contributed by atoms with Crippen molar-refractivity contribution in [2.75, 3.05) is 6.61 Å². The molecule has 1 aliphatic rings. The fourth-order valence-corrected chi connectivity index (χ4v) is 1.91. The topological polar surface area (TPSA) is 61.4 Å². The molecule has 1 rings (SSSR count). The molecule has 92 valence electrons. The molecule has 4 nitrogen and oxygen atoms in total. The van der Waals surface area contributed by atoms with Gasteiger partial charge in [-0.05, 0) is 19.3 Å². The molecule has 0 aromatic heterocycles. The van der Waals surface area contributed by atoms with Crippen LogP contribution < -0.4 is 10.6 Å². The van der Waals surface area contributed by atoms with Crippen LogP contribution in [0.5, 0.6) is 0 Å². The van der Waals surface area contributed by atoms with Crippen molar-refractivity contribution in [1.29, 1.82) is 0 Å². The number of aliphatic hydroxyl groups is 1. The number of amides is 2. The molecular formula is C12H22N2O2. The van der Waals surface area contributed by atoms with Gasteiger partial charge in [-0.25, -0.2) is 4.79 Å². The number of hydrogen-bond donors (Lipinski definition) is 3. The zero-order valence-electron chi connectivity index (χ0n) is 10.1. The van der Waals surface area contributed by atoms with Gasteiger partial charge in [0.1, 0.15) is 0 Å². The van der Waals surface area contributed by atoms with E-state index in [1.807, 2.05) is 12.2 Å². The molecular weight excluding hydrogens is 204 g/mol. The first-order valence-corrected chi connectivity index (χ1v) is 6.05. The average molecular weight is 226 g/mol. The van der Waals surface area contributed by atoms with Crippen molar-refractivity contribution in [1.82, 2.24) is 10.6 Å².